The summed E-state index contributed by atoms with van der Waals surface area (Å²) in [7, 11) is 3.39. The second kappa shape index (κ2) is 7.12. The van der Waals surface area contributed by atoms with Gasteiger partial charge in [0.15, 0.2) is 5.76 Å². The molecular weight excluding hydrogens is 322 g/mol. The number of rotatable bonds is 6. The van der Waals surface area contributed by atoms with Gasteiger partial charge in [-0.15, -0.1) is 0 Å². The standard InChI is InChI=1S/C18H19N3O4/c1-12-16(10-21(2)20-12)19-18(22)17-8-7-15(25-17)11-24-14-6-4-5-13(9-14)23-3/h4-10H,11H2,1-3H3,(H,19,22). The topological polar surface area (TPSA) is 78.5 Å². The van der Waals surface area contributed by atoms with Gasteiger partial charge in [-0.25, -0.2) is 0 Å². The van der Waals surface area contributed by atoms with Crippen molar-refractivity contribution in [3.05, 3.63) is 59.8 Å². The van der Waals surface area contributed by atoms with Crippen LogP contribution in [0.3, 0.4) is 0 Å². The molecule has 0 bridgehead atoms. The predicted octanol–water partition coefficient (Wildman–Crippen LogP) is 3.16. The summed E-state index contributed by atoms with van der Waals surface area (Å²) in [6.45, 7) is 2.04. The Labute approximate surface area is 145 Å². The predicted molar refractivity (Wildman–Crippen MR) is 91.9 cm³/mol. The Morgan fingerprint density at radius 2 is 2.08 bits per heavy atom. The molecule has 3 aromatic rings. The molecular formula is C18H19N3O4. The third-order valence-electron chi connectivity index (χ3n) is 3.57. The van der Waals surface area contributed by atoms with Gasteiger partial charge >= 0.3 is 0 Å². The Kier molecular flexibility index (Phi) is 4.74. The third kappa shape index (κ3) is 4.00. The molecule has 1 N–H and O–H groups in total. The molecule has 0 atom stereocenters. The quantitative estimate of drug-likeness (QED) is 0.745. The van der Waals surface area contributed by atoms with E-state index >= 15 is 0 Å². The first-order valence-electron chi connectivity index (χ1n) is 7.72. The number of aromatic nitrogens is 2. The zero-order chi connectivity index (χ0) is 17.8. The van der Waals surface area contributed by atoms with Crippen molar-refractivity contribution in [1.82, 2.24) is 9.78 Å². The number of methoxy groups -OCH3 is 1. The number of amides is 1. The molecule has 3 rings (SSSR count). The zero-order valence-electron chi connectivity index (χ0n) is 14.3. The van der Waals surface area contributed by atoms with Gasteiger partial charge in [0.05, 0.1) is 18.5 Å². The lowest BCUT2D eigenvalue weighted by Gasteiger charge is -2.06. The average Bonchev–Trinajstić information content (AvgIpc) is 3.20. The van der Waals surface area contributed by atoms with E-state index in [0.717, 1.165) is 5.69 Å². The van der Waals surface area contributed by atoms with Gasteiger partial charge in [0, 0.05) is 19.3 Å². The van der Waals surface area contributed by atoms with Crippen molar-refractivity contribution in [2.45, 2.75) is 13.5 Å². The average molecular weight is 341 g/mol. The van der Waals surface area contributed by atoms with Crippen LogP contribution in [-0.4, -0.2) is 22.8 Å². The molecule has 0 radical (unpaired) electrons. The highest BCUT2D eigenvalue weighted by Gasteiger charge is 2.14. The van der Waals surface area contributed by atoms with Crippen molar-refractivity contribution in [3.63, 3.8) is 0 Å². The van der Waals surface area contributed by atoms with E-state index in [0.29, 0.717) is 22.9 Å². The largest absolute Gasteiger partial charge is 0.497 e. The Morgan fingerprint density at radius 3 is 2.80 bits per heavy atom. The number of carbonyl (C=O) groups excluding carboxylic acids is 1. The summed E-state index contributed by atoms with van der Waals surface area (Å²) in [5, 5.41) is 6.96. The number of ether oxygens (including phenoxy) is 2. The van der Waals surface area contributed by atoms with Crippen LogP contribution >= 0.6 is 0 Å². The van der Waals surface area contributed by atoms with E-state index in [9.17, 15) is 4.79 Å². The third-order valence-corrected chi connectivity index (χ3v) is 3.57. The first-order chi connectivity index (χ1) is 12.0. The summed E-state index contributed by atoms with van der Waals surface area (Å²) in [5.74, 6) is 1.81. The summed E-state index contributed by atoms with van der Waals surface area (Å²) in [4.78, 5) is 12.2. The first kappa shape index (κ1) is 16.6. The number of carbonyl (C=O) groups is 1. The lowest BCUT2D eigenvalue weighted by molar-refractivity contribution is 0.0992. The minimum atomic E-state index is -0.330. The number of hydrogen-bond acceptors (Lipinski definition) is 5. The van der Waals surface area contributed by atoms with Crippen molar-refractivity contribution in [2.75, 3.05) is 12.4 Å². The van der Waals surface area contributed by atoms with E-state index in [1.54, 1.807) is 43.2 Å². The van der Waals surface area contributed by atoms with E-state index in [1.165, 1.54) is 0 Å². The molecule has 0 aliphatic rings. The van der Waals surface area contributed by atoms with Crippen LogP contribution in [0.4, 0.5) is 5.69 Å². The molecule has 0 aliphatic carbocycles. The molecule has 1 amide bonds. The SMILES string of the molecule is COc1cccc(OCc2ccc(C(=O)Nc3cn(C)nc3C)o2)c1. The van der Waals surface area contributed by atoms with Crippen LogP contribution in [0.1, 0.15) is 22.0 Å². The van der Waals surface area contributed by atoms with Gasteiger partial charge in [-0.2, -0.15) is 5.10 Å². The maximum Gasteiger partial charge on any atom is 0.291 e. The highest BCUT2D eigenvalue weighted by Crippen LogP contribution is 2.21. The van der Waals surface area contributed by atoms with Crippen molar-refractivity contribution in [3.8, 4) is 11.5 Å². The summed E-state index contributed by atoms with van der Waals surface area (Å²) >= 11 is 0. The summed E-state index contributed by atoms with van der Waals surface area (Å²) in [6, 6.07) is 10.6. The first-order valence-corrected chi connectivity index (χ1v) is 7.72. The second-order valence-electron chi connectivity index (χ2n) is 5.49. The van der Waals surface area contributed by atoms with Crippen LogP contribution in [0, 0.1) is 6.92 Å². The van der Waals surface area contributed by atoms with E-state index in [4.69, 9.17) is 13.9 Å². The lowest BCUT2D eigenvalue weighted by Crippen LogP contribution is -2.11. The van der Waals surface area contributed by atoms with Gasteiger partial charge in [-0.05, 0) is 31.2 Å². The number of furan rings is 1. The maximum absolute atomic E-state index is 12.2. The molecule has 0 fully saturated rings. The molecule has 1 aromatic carbocycles. The normalized spacial score (nSPS) is 10.5. The van der Waals surface area contributed by atoms with Gasteiger partial charge in [-0.1, -0.05) is 6.07 Å². The highest BCUT2D eigenvalue weighted by molar-refractivity contribution is 6.02. The Morgan fingerprint density at radius 1 is 1.28 bits per heavy atom. The Balaban J connectivity index is 1.61. The smallest absolute Gasteiger partial charge is 0.291 e. The van der Waals surface area contributed by atoms with Gasteiger partial charge < -0.3 is 19.2 Å². The summed E-state index contributed by atoms with van der Waals surface area (Å²) < 4.78 is 18.0. The van der Waals surface area contributed by atoms with E-state index < -0.39 is 0 Å². The molecule has 0 aliphatic heterocycles. The molecule has 0 spiro atoms. The molecule has 130 valence electrons. The van der Waals surface area contributed by atoms with Crippen LogP contribution in [0.5, 0.6) is 11.5 Å². The molecule has 0 unspecified atom stereocenters. The number of nitrogens with zero attached hydrogens (tertiary/aromatic N) is 2. The van der Waals surface area contributed by atoms with Crippen LogP contribution in [0.15, 0.2) is 47.0 Å². The molecule has 25 heavy (non-hydrogen) atoms. The molecule has 0 saturated heterocycles. The van der Waals surface area contributed by atoms with E-state index in [2.05, 4.69) is 10.4 Å². The van der Waals surface area contributed by atoms with Crippen LogP contribution in [-0.2, 0) is 13.7 Å². The van der Waals surface area contributed by atoms with E-state index in [-0.39, 0.29) is 18.3 Å². The zero-order valence-corrected chi connectivity index (χ0v) is 14.3. The fourth-order valence-electron chi connectivity index (χ4n) is 2.33. The maximum atomic E-state index is 12.2. The number of anilines is 1. The number of aryl methyl sites for hydroxylation is 2. The fraction of sp³-hybridized carbons (Fsp3) is 0.222. The fourth-order valence-corrected chi connectivity index (χ4v) is 2.33. The minimum absolute atomic E-state index is 0.215. The number of hydrogen-bond donors (Lipinski definition) is 1. The molecule has 2 heterocycles. The monoisotopic (exact) mass is 341 g/mol. The second-order valence-corrected chi connectivity index (χ2v) is 5.49. The van der Waals surface area contributed by atoms with Crippen molar-refractivity contribution in [1.29, 1.82) is 0 Å². The van der Waals surface area contributed by atoms with Crippen LogP contribution in [0.25, 0.3) is 0 Å². The molecule has 0 saturated carbocycles. The summed E-state index contributed by atoms with van der Waals surface area (Å²) in [5.41, 5.74) is 1.39. The molecule has 2 aromatic heterocycles. The van der Waals surface area contributed by atoms with Crippen molar-refractivity contribution >= 4 is 11.6 Å². The number of benzene rings is 1. The Hall–Kier alpha value is -3.22. The lowest BCUT2D eigenvalue weighted by atomic mass is 10.3. The van der Waals surface area contributed by atoms with Crippen molar-refractivity contribution in [2.24, 2.45) is 7.05 Å². The molecule has 7 nitrogen and oxygen atoms in total. The van der Waals surface area contributed by atoms with Gasteiger partial charge in [-0.3, -0.25) is 9.48 Å². The van der Waals surface area contributed by atoms with Gasteiger partial charge in [0.25, 0.3) is 5.91 Å². The van der Waals surface area contributed by atoms with Crippen LogP contribution < -0.4 is 14.8 Å². The molecule has 7 heteroatoms. The van der Waals surface area contributed by atoms with Crippen molar-refractivity contribution < 1.29 is 18.7 Å². The van der Waals surface area contributed by atoms with Gasteiger partial charge in [0.1, 0.15) is 23.9 Å². The van der Waals surface area contributed by atoms with Crippen LogP contribution in [0.2, 0.25) is 0 Å². The van der Waals surface area contributed by atoms with E-state index in [1.807, 2.05) is 25.1 Å². The highest BCUT2D eigenvalue weighted by atomic mass is 16.5. The summed E-state index contributed by atoms with van der Waals surface area (Å²) in [6.07, 6.45) is 1.74. The number of nitrogens with one attached hydrogen (secondary N) is 1. The minimum Gasteiger partial charge on any atom is -0.497 e. The van der Waals surface area contributed by atoms with Gasteiger partial charge in [0.2, 0.25) is 0 Å². The Bertz CT molecular complexity index is 882.